The highest BCUT2D eigenvalue weighted by molar-refractivity contribution is 5.87. The van der Waals surface area contributed by atoms with E-state index in [1.54, 1.807) is 30.1 Å². The number of rotatable bonds is 7. The van der Waals surface area contributed by atoms with Crippen LogP contribution >= 0.6 is 0 Å². The van der Waals surface area contributed by atoms with Gasteiger partial charge in [-0.15, -0.1) is 0 Å². The summed E-state index contributed by atoms with van der Waals surface area (Å²) >= 11 is 0. The van der Waals surface area contributed by atoms with Gasteiger partial charge >= 0.3 is 0 Å². The maximum atomic E-state index is 12.8. The Morgan fingerprint density at radius 2 is 1.85 bits per heavy atom. The van der Waals surface area contributed by atoms with Crippen molar-refractivity contribution >= 4 is 27.9 Å². The van der Waals surface area contributed by atoms with Crippen molar-refractivity contribution in [2.75, 3.05) is 38.3 Å². The molecule has 0 amide bonds. The van der Waals surface area contributed by atoms with Crippen molar-refractivity contribution in [3.05, 3.63) is 58.6 Å². The average Bonchev–Trinajstić information content (AvgIpc) is 3.39. The highest BCUT2D eigenvalue weighted by Gasteiger charge is 2.39. The van der Waals surface area contributed by atoms with Gasteiger partial charge in [0.1, 0.15) is 11.0 Å². The van der Waals surface area contributed by atoms with Gasteiger partial charge in [0.25, 0.3) is 5.56 Å². The minimum absolute atomic E-state index is 0.0418. The summed E-state index contributed by atoms with van der Waals surface area (Å²) in [4.78, 5) is 26.8. The van der Waals surface area contributed by atoms with Gasteiger partial charge < -0.3 is 18.9 Å². The first-order chi connectivity index (χ1) is 19.5. The van der Waals surface area contributed by atoms with E-state index < -0.39 is 0 Å². The van der Waals surface area contributed by atoms with Gasteiger partial charge in [-0.2, -0.15) is 5.10 Å². The lowest BCUT2D eigenvalue weighted by atomic mass is 9.98. The molecule has 10 heteroatoms. The Balaban J connectivity index is 1.41. The zero-order valence-corrected chi connectivity index (χ0v) is 23.9. The summed E-state index contributed by atoms with van der Waals surface area (Å²) in [5.74, 6) is 0.955. The summed E-state index contributed by atoms with van der Waals surface area (Å²) in [5, 5.41) is 5.01. The summed E-state index contributed by atoms with van der Waals surface area (Å²) < 4.78 is 15.8. The van der Waals surface area contributed by atoms with Gasteiger partial charge in [0.2, 0.25) is 0 Å². The van der Waals surface area contributed by atoms with Crippen molar-refractivity contribution in [2.45, 2.75) is 63.9 Å². The number of benzene rings is 1. The van der Waals surface area contributed by atoms with E-state index in [-0.39, 0.29) is 29.9 Å². The lowest BCUT2D eigenvalue weighted by Crippen LogP contribution is -2.60. The zero-order chi connectivity index (χ0) is 27.8. The van der Waals surface area contributed by atoms with Crippen LogP contribution in [0.3, 0.4) is 0 Å². The van der Waals surface area contributed by atoms with Crippen LogP contribution in [0.25, 0.3) is 22.1 Å². The predicted molar refractivity (Wildman–Crippen MR) is 156 cm³/mol. The number of anilines is 1. The first-order valence-electron chi connectivity index (χ1n) is 14.4. The van der Waals surface area contributed by atoms with Crippen molar-refractivity contribution in [2.24, 2.45) is 7.05 Å². The number of aromatic nitrogens is 5. The minimum Gasteiger partial charge on any atom is -0.383 e. The molecule has 0 saturated carbocycles. The van der Waals surface area contributed by atoms with Crippen LogP contribution in [0.4, 0.5) is 5.82 Å². The summed E-state index contributed by atoms with van der Waals surface area (Å²) in [7, 11) is 3.60. The van der Waals surface area contributed by atoms with Gasteiger partial charge in [-0.05, 0) is 56.4 Å². The van der Waals surface area contributed by atoms with Gasteiger partial charge in [0, 0.05) is 64.4 Å². The number of aryl methyl sites for hydroxylation is 1. The molecule has 0 aliphatic carbocycles. The molecule has 2 fully saturated rings. The average molecular weight is 546 g/mol. The highest BCUT2D eigenvalue weighted by atomic mass is 16.5. The third-order valence-electron chi connectivity index (χ3n) is 8.68. The molecular formula is C30H39N7O3. The van der Waals surface area contributed by atoms with Gasteiger partial charge in [0.05, 0.1) is 23.7 Å². The number of hydrogen-bond donors (Lipinski definition) is 0. The Kier molecular flexibility index (Phi) is 7.57. The summed E-state index contributed by atoms with van der Waals surface area (Å²) in [6.45, 7) is 7.41. The number of piperazine rings is 1. The molecule has 0 spiro atoms. The van der Waals surface area contributed by atoms with E-state index in [4.69, 9.17) is 14.6 Å². The Labute approximate surface area is 234 Å². The van der Waals surface area contributed by atoms with Crippen LogP contribution in [0.2, 0.25) is 0 Å². The molecule has 1 aromatic carbocycles. The number of fused-ring (bicyclic) bond motifs is 2. The van der Waals surface area contributed by atoms with E-state index >= 15 is 0 Å². The molecule has 2 saturated heterocycles. The van der Waals surface area contributed by atoms with Crippen molar-refractivity contribution in [1.82, 2.24) is 29.2 Å². The molecule has 0 N–H and O–H groups in total. The standard InChI is InChI=1S/C30H39N7O3/c1-5-22-17-36(30-29-25(11-12-27(38)34(29)3)33-37(30)28-8-6-7-15-40-28)23(19-39-4)18-35(22)20(2)21-9-10-24-26(16-21)32-14-13-31-24/h9-14,16,20,22-23,28H,5-8,15,17-19H2,1-4H3/t20?,22-,23-,28?/m1/s1. The topological polar surface area (TPSA) is 90.5 Å². The molecule has 212 valence electrons. The number of pyridine rings is 1. The lowest BCUT2D eigenvalue weighted by molar-refractivity contribution is -0.0388. The second kappa shape index (κ2) is 11.3. The van der Waals surface area contributed by atoms with Crippen LogP contribution in [-0.2, 0) is 16.5 Å². The highest BCUT2D eigenvalue weighted by Crippen LogP contribution is 2.37. The molecule has 2 aliphatic heterocycles. The Morgan fingerprint density at radius 1 is 1.05 bits per heavy atom. The maximum Gasteiger partial charge on any atom is 0.250 e. The maximum absolute atomic E-state index is 12.8. The van der Waals surface area contributed by atoms with Crippen LogP contribution in [0.1, 0.15) is 57.4 Å². The molecular weight excluding hydrogens is 506 g/mol. The molecule has 6 rings (SSSR count). The third kappa shape index (κ3) is 4.78. The molecule has 0 bridgehead atoms. The minimum atomic E-state index is -0.148. The fourth-order valence-electron chi connectivity index (χ4n) is 6.46. The molecule has 2 unspecified atom stereocenters. The molecule has 4 aromatic rings. The monoisotopic (exact) mass is 545 g/mol. The van der Waals surface area contributed by atoms with E-state index in [9.17, 15) is 4.79 Å². The van der Waals surface area contributed by atoms with Gasteiger partial charge in [0.15, 0.2) is 12.0 Å². The number of ether oxygens (including phenoxy) is 2. The molecule has 10 nitrogen and oxygen atoms in total. The van der Waals surface area contributed by atoms with E-state index in [1.807, 2.05) is 17.8 Å². The largest absolute Gasteiger partial charge is 0.383 e. The smallest absolute Gasteiger partial charge is 0.250 e. The van der Waals surface area contributed by atoms with E-state index in [0.717, 1.165) is 73.3 Å². The summed E-state index contributed by atoms with van der Waals surface area (Å²) in [5.41, 5.74) is 4.67. The Hall–Kier alpha value is -3.34. The number of hydrogen-bond acceptors (Lipinski definition) is 8. The van der Waals surface area contributed by atoms with Gasteiger partial charge in [-0.3, -0.25) is 19.7 Å². The lowest BCUT2D eigenvalue weighted by Gasteiger charge is -2.49. The Morgan fingerprint density at radius 3 is 2.60 bits per heavy atom. The quantitative estimate of drug-likeness (QED) is 0.344. The van der Waals surface area contributed by atoms with Crippen LogP contribution in [0, 0.1) is 0 Å². The predicted octanol–water partition coefficient (Wildman–Crippen LogP) is 4.05. The van der Waals surface area contributed by atoms with Crippen molar-refractivity contribution in [3.8, 4) is 0 Å². The third-order valence-corrected chi connectivity index (χ3v) is 8.68. The first kappa shape index (κ1) is 26.9. The normalized spacial score (nSPS) is 23.2. The second-order valence-corrected chi connectivity index (χ2v) is 11.1. The number of methoxy groups -OCH3 is 1. The SMILES string of the molecule is CC[C@@H]1CN(c2c3c(ccc(=O)n3C)nn2C2CCCCO2)[C@@H](COC)CN1C(C)c1ccc2nccnc2c1. The van der Waals surface area contributed by atoms with Crippen LogP contribution in [0.5, 0.6) is 0 Å². The summed E-state index contributed by atoms with van der Waals surface area (Å²) in [6, 6.07) is 10.4. The van der Waals surface area contributed by atoms with E-state index in [0.29, 0.717) is 6.61 Å². The number of nitrogens with zero attached hydrogens (tertiary/aromatic N) is 7. The Bertz CT molecular complexity index is 1540. The van der Waals surface area contributed by atoms with Crippen LogP contribution in [-0.4, -0.2) is 74.7 Å². The zero-order valence-electron chi connectivity index (χ0n) is 23.9. The molecule has 4 atom stereocenters. The fraction of sp³-hybridized carbons (Fsp3) is 0.533. The van der Waals surface area contributed by atoms with E-state index in [1.165, 1.54) is 5.56 Å². The molecule has 0 radical (unpaired) electrons. The van der Waals surface area contributed by atoms with Crippen molar-refractivity contribution < 1.29 is 9.47 Å². The van der Waals surface area contributed by atoms with E-state index in [2.05, 4.69) is 51.8 Å². The molecule has 3 aromatic heterocycles. The van der Waals surface area contributed by atoms with Crippen molar-refractivity contribution in [3.63, 3.8) is 0 Å². The summed E-state index contributed by atoms with van der Waals surface area (Å²) in [6.07, 6.45) is 7.38. The van der Waals surface area contributed by atoms with Gasteiger partial charge in [-0.1, -0.05) is 13.0 Å². The van der Waals surface area contributed by atoms with Gasteiger partial charge in [-0.25, -0.2) is 4.68 Å². The molecule has 2 aliphatic rings. The van der Waals surface area contributed by atoms with Crippen LogP contribution in [0.15, 0.2) is 47.5 Å². The molecule has 5 heterocycles. The first-order valence-corrected chi connectivity index (χ1v) is 14.4. The fourth-order valence-corrected chi connectivity index (χ4v) is 6.46. The second-order valence-electron chi connectivity index (χ2n) is 11.1. The van der Waals surface area contributed by atoms with Crippen molar-refractivity contribution in [1.29, 1.82) is 0 Å². The molecule has 40 heavy (non-hydrogen) atoms. The van der Waals surface area contributed by atoms with Crippen LogP contribution < -0.4 is 10.5 Å².